The number of amides is 2. The highest BCUT2D eigenvalue weighted by Gasteiger charge is 2.16. The lowest BCUT2D eigenvalue weighted by molar-refractivity contribution is -0.115. The average Bonchev–Trinajstić information content (AvgIpc) is 2.79. The molecule has 7 heteroatoms. The van der Waals surface area contributed by atoms with Crippen LogP contribution in [0.15, 0.2) is 89.8 Å². The van der Waals surface area contributed by atoms with E-state index in [4.69, 9.17) is 23.2 Å². The molecule has 0 saturated carbocycles. The Labute approximate surface area is 206 Å². The molecule has 0 saturated heterocycles. The van der Waals surface area contributed by atoms with Crippen LogP contribution in [0.3, 0.4) is 0 Å². The van der Waals surface area contributed by atoms with Crippen LogP contribution in [0, 0.1) is 0 Å². The van der Waals surface area contributed by atoms with Gasteiger partial charge >= 0.3 is 0 Å². The van der Waals surface area contributed by atoms with Gasteiger partial charge in [-0.15, -0.1) is 11.8 Å². The van der Waals surface area contributed by atoms with Crippen molar-refractivity contribution >= 4 is 68.9 Å². The quantitative estimate of drug-likeness (QED) is 0.272. The molecule has 4 nitrogen and oxygen atoms in total. The summed E-state index contributed by atoms with van der Waals surface area (Å²) in [7, 11) is 0. The summed E-state index contributed by atoms with van der Waals surface area (Å²) in [6.45, 7) is 1.85. The third-order valence-corrected chi connectivity index (χ3v) is 6.61. The van der Waals surface area contributed by atoms with Gasteiger partial charge in [-0.05, 0) is 66.2 Å². The fourth-order valence-electron chi connectivity index (χ4n) is 3.29. The van der Waals surface area contributed by atoms with E-state index in [1.54, 1.807) is 18.2 Å². The molecular weight excluding hydrogens is 475 g/mol. The predicted molar refractivity (Wildman–Crippen MR) is 139 cm³/mol. The van der Waals surface area contributed by atoms with Gasteiger partial charge in [0.15, 0.2) is 0 Å². The summed E-state index contributed by atoms with van der Waals surface area (Å²) in [4.78, 5) is 26.2. The lowest BCUT2D eigenvalue weighted by atomic mass is 10.1. The van der Waals surface area contributed by atoms with Gasteiger partial charge in [-0.2, -0.15) is 0 Å². The van der Waals surface area contributed by atoms with Crippen molar-refractivity contribution in [3.05, 3.63) is 101 Å². The first-order valence-corrected chi connectivity index (χ1v) is 11.9. The summed E-state index contributed by atoms with van der Waals surface area (Å²) in [6.07, 6.45) is 0. The number of anilines is 2. The number of hydrogen-bond acceptors (Lipinski definition) is 3. The van der Waals surface area contributed by atoms with Gasteiger partial charge < -0.3 is 10.6 Å². The van der Waals surface area contributed by atoms with Crippen LogP contribution >= 0.6 is 35.0 Å². The summed E-state index contributed by atoms with van der Waals surface area (Å²) < 4.78 is 0. The van der Waals surface area contributed by atoms with Crippen molar-refractivity contribution in [2.45, 2.75) is 17.1 Å². The first kappa shape index (κ1) is 23.2. The van der Waals surface area contributed by atoms with E-state index in [9.17, 15) is 9.59 Å². The first-order valence-electron chi connectivity index (χ1n) is 10.2. The molecule has 1 unspecified atom stereocenters. The van der Waals surface area contributed by atoms with Crippen LogP contribution in [0.1, 0.15) is 17.3 Å². The third-order valence-electron chi connectivity index (χ3n) is 4.97. The maximum atomic E-state index is 12.7. The summed E-state index contributed by atoms with van der Waals surface area (Å²) in [6, 6.07) is 25.9. The van der Waals surface area contributed by atoms with Crippen LogP contribution in [0.2, 0.25) is 10.0 Å². The topological polar surface area (TPSA) is 58.2 Å². The zero-order valence-corrected chi connectivity index (χ0v) is 20.0. The van der Waals surface area contributed by atoms with E-state index in [-0.39, 0.29) is 22.1 Å². The number of hydrogen-bond donors (Lipinski definition) is 2. The number of nitrogens with one attached hydrogen (secondary N) is 2. The van der Waals surface area contributed by atoms with Gasteiger partial charge in [0.2, 0.25) is 5.91 Å². The molecular formula is C26H20Cl2N2O2S. The molecule has 33 heavy (non-hydrogen) atoms. The molecule has 0 radical (unpaired) electrons. The number of carbonyl (C=O) groups excluding carboxylic acids is 2. The van der Waals surface area contributed by atoms with Crippen LogP contribution in [-0.4, -0.2) is 17.1 Å². The minimum atomic E-state index is -0.340. The summed E-state index contributed by atoms with van der Waals surface area (Å²) >= 11 is 13.4. The van der Waals surface area contributed by atoms with Gasteiger partial charge in [0.05, 0.1) is 15.8 Å². The average molecular weight is 495 g/mol. The van der Waals surface area contributed by atoms with Gasteiger partial charge in [0.25, 0.3) is 5.91 Å². The van der Waals surface area contributed by atoms with Crippen molar-refractivity contribution < 1.29 is 9.59 Å². The van der Waals surface area contributed by atoms with Crippen molar-refractivity contribution in [1.29, 1.82) is 0 Å². The standard InChI is InChI=1S/C26H20Cl2N2O2S/c1-16(25(31)29-21-11-9-17-5-2-3-6-18(17)13-21)33-22-8-4-7-20(15-22)30-26(32)23-12-10-19(27)14-24(23)28/h2-16H,1H3,(H,29,31)(H,30,32). The number of thioether (sulfide) groups is 1. The Balaban J connectivity index is 1.40. The van der Waals surface area contributed by atoms with Crippen molar-refractivity contribution in [3.63, 3.8) is 0 Å². The lowest BCUT2D eigenvalue weighted by Crippen LogP contribution is -2.22. The summed E-state index contributed by atoms with van der Waals surface area (Å²) in [5.41, 5.74) is 1.70. The predicted octanol–water partition coefficient (Wildman–Crippen LogP) is 7.52. The second-order valence-corrected chi connectivity index (χ2v) is 9.68. The van der Waals surface area contributed by atoms with E-state index >= 15 is 0 Å². The maximum Gasteiger partial charge on any atom is 0.257 e. The number of fused-ring (bicyclic) bond motifs is 1. The van der Waals surface area contributed by atoms with Crippen LogP contribution < -0.4 is 10.6 Å². The molecule has 0 aliphatic heterocycles. The molecule has 0 bridgehead atoms. The Hall–Kier alpha value is -2.99. The fraction of sp³-hybridized carbons (Fsp3) is 0.0769. The second-order valence-electron chi connectivity index (χ2n) is 7.42. The molecule has 4 rings (SSSR count). The molecule has 0 aromatic heterocycles. The number of carbonyl (C=O) groups is 2. The first-order chi connectivity index (χ1) is 15.9. The van der Waals surface area contributed by atoms with Gasteiger partial charge in [-0.25, -0.2) is 0 Å². The van der Waals surface area contributed by atoms with Gasteiger partial charge in [-0.1, -0.05) is 59.6 Å². The van der Waals surface area contributed by atoms with Crippen molar-refractivity contribution in [1.82, 2.24) is 0 Å². The minimum Gasteiger partial charge on any atom is -0.325 e. The fourth-order valence-corrected chi connectivity index (χ4v) is 4.71. The molecule has 0 heterocycles. The smallest absolute Gasteiger partial charge is 0.257 e. The van der Waals surface area contributed by atoms with Gasteiger partial charge in [0.1, 0.15) is 0 Å². The number of benzene rings is 4. The minimum absolute atomic E-state index is 0.0994. The van der Waals surface area contributed by atoms with Crippen LogP contribution in [-0.2, 0) is 4.79 Å². The lowest BCUT2D eigenvalue weighted by Gasteiger charge is -2.14. The van der Waals surface area contributed by atoms with Crippen LogP contribution in [0.4, 0.5) is 11.4 Å². The SMILES string of the molecule is CC(Sc1cccc(NC(=O)c2ccc(Cl)cc2Cl)c1)C(=O)Nc1ccc2ccccc2c1. The van der Waals surface area contributed by atoms with E-state index < -0.39 is 0 Å². The van der Waals surface area contributed by atoms with Gasteiger partial charge in [0, 0.05) is 21.3 Å². The van der Waals surface area contributed by atoms with Crippen molar-refractivity contribution in [2.75, 3.05) is 10.6 Å². The molecule has 2 N–H and O–H groups in total. The van der Waals surface area contributed by atoms with Crippen LogP contribution in [0.5, 0.6) is 0 Å². The highest BCUT2D eigenvalue weighted by atomic mass is 35.5. The largest absolute Gasteiger partial charge is 0.325 e. The highest BCUT2D eigenvalue weighted by molar-refractivity contribution is 8.00. The number of rotatable bonds is 6. The Morgan fingerprint density at radius 3 is 2.33 bits per heavy atom. The molecule has 0 aliphatic carbocycles. The summed E-state index contributed by atoms with van der Waals surface area (Å²) in [5, 5.41) is 8.41. The molecule has 0 fully saturated rings. The zero-order valence-electron chi connectivity index (χ0n) is 17.6. The monoisotopic (exact) mass is 494 g/mol. The molecule has 2 amide bonds. The normalized spacial score (nSPS) is 11.7. The van der Waals surface area contributed by atoms with Crippen molar-refractivity contribution in [3.8, 4) is 0 Å². The van der Waals surface area contributed by atoms with Gasteiger partial charge in [-0.3, -0.25) is 9.59 Å². The van der Waals surface area contributed by atoms with Crippen LogP contribution in [0.25, 0.3) is 10.8 Å². The van der Waals surface area contributed by atoms with Crippen molar-refractivity contribution in [2.24, 2.45) is 0 Å². The number of halogens is 2. The van der Waals surface area contributed by atoms with E-state index in [1.807, 2.05) is 67.6 Å². The van der Waals surface area contributed by atoms with E-state index in [0.29, 0.717) is 16.3 Å². The Bertz CT molecular complexity index is 1340. The Kier molecular flexibility index (Phi) is 7.23. The third kappa shape index (κ3) is 5.88. The zero-order chi connectivity index (χ0) is 23.4. The molecule has 4 aromatic carbocycles. The molecule has 0 aliphatic rings. The van der Waals surface area contributed by atoms with E-state index in [0.717, 1.165) is 21.4 Å². The van der Waals surface area contributed by atoms with E-state index in [1.165, 1.54) is 17.8 Å². The highest BCUT2D eigenvalue weighted by Crippen LogP contribution is 2.28. The maximum absolute atomic E-state index is 12.7. The Morgan fingerprint density at radius 1 is 0.788 bits per heavy atom. The molecule has 0 spiro atoms. The molecule has 1 atom stereocenters. The second kappa shape index (κ2) is 10.3. The molecule has 4 aromatic rings. The molecule has 166 valence electrons. The summed E-state index contributed by atoms with van der Waals surface area (Å²) in [5.74, 6) is -0.432. The Morgan fingerprint density at radius 2 is 1.55 bits per heavy atom. The van der Waals surface area contributed by atoms with E-state index in [2.05, 4.69) is 10.6 Å².